The maximum atomic E-state index is 11.9. The summed E-state index contributed by atoms with van der Waals surface area (Å²) in [6, 6.07) is 10.4. The van der Waals surface area contributed by atoms with Crippen LogP contribution in [0.25, 0.3) is 0 Å². The lowest BCUT2D eigenvalue weighted by atomic mass is 10.1. The maximum absolute atomic E-state index is 11.9. The van der Waals surface area contributed by atoms with Gasteiger partial charge in [-0.05, 0) is 43.2 Å². The first-order valence-corrected chi connectivity index (χ1v) is 7.79. The summed E-state index contributed by atoms with van der Waals surface area (Å²) in [4.78, 5) is 23.7. The second-order valence-electron chi connectivity index (χ2n) is 5.14. The number of hydrazone groups is 1. The Kier molecular flexibility index (Phi) is 5.95. The van der Waals surface area contributed by atoms with E-state index in [1.807, 2.05) is 26.0 Å². The first-order valence-electron chi connectivity index (χ1n) is 7.03. The zero-order chi connectivity index (χ0) is 17.7. The fourth-order valence-corrected chi connectivity index (χ4v) is 2.32. The molecule has 0 saturated carbocycles. The quantitative estimate of drug-likeness (QED) is 0.495. The van der Waals surface area contributed by atoms with Gasteiger partial charge >= 0.3 is 11.8 Å². The zero-order valence-electron chi connectivity index (χ0n) is 13.1. The molecule has 0 unspecified atom stereocenters. The van der Waals surface area contributed by atoms with E-state index in [0.717, 1.165) is 11.1 Å². The van der Waals surface area contributed by atoms with Crippen LogP contribution < -0.4 is 10.7 Å². The van der Waals surface area contributed by atoms with Crippen molar-refractivity contribution >= 4 is 46.9 Å². The number of amides is 2. The van der Waals surface area contributed by atoms with Crippen molar-refractivity contribution in [1.82, 2.24) is 5.43 Å². The van der Waals surface area contributed by atoms with Gasteiger partial charge in [0.05, 0.1) is 11.2 Å². The van der Waals surface area contributed by atoms with Gasteiger partial charge in [0, 0.05) is 16.3 Å². The predicted octanol–water partition coefficient (Wildman–Crippen LogP) is 3.70. The van der Waals surface area contributed by atoms with Crippen LogP contribution in [0.3, 0.4) is 0 Å². The Balaban J connectivity index is 1.97. The first kappa shape index (κ1) is 18.0. The van der Waals surface area contributed by atoms with Gasteiger partial charge in [-0.15, -0.1) is 0 Å². The molecule has 5 nitrogen and oxygen atoms in total. The molecule has 0 spiro atoms. The number of aryl methyl sites for hydroxylation is 2. The fraction of sp³-hybridized carbons (Fsp3) is 0.118. The lowest BCUT2D eigenvalue weighted by Gasteiger charge is -2.08. The molecule has 0 fully saturated rings. The molecular formula is C17H15Cl2N3O2. The average Bonchev–Trinajstić information content (AvgIpc) is 2.52. The van der Waals surface area contributed by atoms with Gasteiger partial charge in [-0.25, -0.2) is 5.43 Å². The summed E-state index contributed by atoms with van der Waals surface area (Å²) in [5, 5.41) is 7.16. The molecule has 7 heteroatoms. The second kappa shape index (κ2) is 7.95. The van der Waals surface area contributed by atoms with E-state index in [0.29, 0.717) is 21.3 Å². The third kappa shape index (κ3) is 4.81. The van der Waals surface area contributed by atoms with Crippen molar-refractivity contribution in [3.63, 3.8) is 0 Å². The third-order valence-corrected chi connectivity index (χ3v) is 3.74. The number of nitrogens with zero attached hydrogens (tertiary/aromatic N) is 1. The Morgan fingerprint density at radius 1 is 1.04 bits per heavy atom. The van der Waals surface area contributed by atoms with Crippen molar-refractivity contribution < 1.29 is 9.59 Å². The largest absolute Gasteiger partial charge is 0.329 e. The molecule has 0 aliphatic rings. The van der Waals surface area contributed by atoms with Crippen molar-refractivity contribution in [3.8, 4) is 0 Å². The number of hydrogen-bond acceptors (Lipinski definition) is 3. The molecule has 0 bridgehead atoms. The second-order valence-corrected chi connectivity index (χ2v) is 5.98. The van der Waals surface area contributed by atoms with Gasteiger partial charge in [-0.3, -0.25) is 9.59 Å². The molecule has 0 atom stereocenters. The summed E-state index contributed by atoms with van der Waals surface area (Å²) in [7, 11) is 0. The van der Waals surface area contributed by atoms with Gasteiger partial charge in [0.1, 0.15) is 0 Å². The minimum absolute atomic E-state index is 0.389. The summed E-state index contributed by atoms with van der Waals surface area (Å²) in [5.74, 6) is -1.68. The number of nitrogens with one attached hydrogen (secondary N) is 2. The minimum atomic E-state index is -0.878. The van der Waals surface area contributed by atoms with Crippen LogP contribution in [0.2, 0.25) is 10.0 Å². The number of halogens is 2. The molecule has 2 amide bonds. The highest BCUT2D eigenvalue weighted by Gasteiger charge is 2.14. The van der Waals surface area contributed by atoms with E-state index in [1.165, 1.54) is 6.21 Å². The molecule has 0 heterocycles. The summed E-state index contributed by atoms with van der Waals surface area (Å²) in [5.41, 5.74) is 5.14. The number of carbonyl (C=O) groups is 2. The molecule has 2 aromatic carbocycles. The topological polar surface area (TPSA) is 70.6 Å². The Hall–Kier alpha value is -2.37. The molecule has 2 rings (SSSR count). The molecule has 0 aliphatic heterocycles. The highest BCUT2D eigenvalue weighted by atomic mass is 35.5. The smallest absolute Gasteiger partial charge is 0.317 e. The van der Waals surface area contributed by atoms with Gasteiger partial charge in [-0.2, -0.15) is 5.10 Å². The number of benzene rings is 2. The molecule has 0 aliphatic carbocycles. The number of rotatable bonds is 3. The van der Waals surface area contributed by atoms with Crippen LogP contribution in [0.4, 0.5) is 5.69 Å². The summed E-state index contributed by atoms with van der Waals surface area (Å²) < 4.78 is 0. The van der Waals surface area contributed by atoms with E-state index in [2.05, 4.69) is 15.8 Å². The van der Waals surface area contributed by atoms with Crippen LogP contribution in [-0.2, 0) is 9.59 Å². The average molecular weight is 364 g/mol. The van der Waals surface area contributed by atoms with E-state index < -0.39 is 11.8 Å². The molecular weight excluding hydrogens is 349 g/mol. The van der Waals surface area contributed by atoms with E-state index in [-0.39, 0.29) is 0 Å². The van der Waals surface area contributed by atoms with Crippen LogP contribution in [-0.4, -0.2) is 18.0 Å². The summed E-state index contributed by atoms with van der Waals surface area (Å²) >= 11 is 11.8. The molecule has 0 aromatic heterocycles. The zero-order valence-corrected chi connectivity index (χ0v) is 14.6. The lowest BCUT2D eigenvalue weighted by molar-refractivity contribution is -0.136. The maximum Gasteiger partial charge on any atom is 0.329 e. The van der Waals surface area contributed by atoms with Crippen molar-refractivity contribution in [3.05, 3.63) is 63.1 Å². The van der Waals surface area contributed by atoms with Gasteiger partial charge in [0.25, 0.3) is 0 Å². The van der Waals surface area contributed by atoms with E-state index in [9.17, 15) is 9.59 Å². The third-order valence-electron chi connectivity index (χ3n) is 3.18. The van der Waals surface area contributed by atoms with Gasteiger partial charge in [-0.1, -0.05) is 41.4 Å². The Bertz CT molecular complexity index is 819. The van der Waals surface area contributed by atoms with Crippen molar-refractivity contribution in [2.24, 2.45) is 5.10 Å². The standard InChI is InChI=1S/C17H15Cl2N3O2/c1-10-3-4-11(2)15(7-10)21-16(23)17(24)22-20-9-12-5-6-13(18)8-14(12)19/h3-9H,1-2H3,(H,21,23)(H,22,24)/b20-9-. The minimum Gasteiger partial charge on any atom is -0.317 e. The highest BCUT2D eigenvalue weighted by Crippen LogP contribution is 2.19. The summed E-state index contributed by atoms with van der Waals surface area (Å²) in [6.07, 6.45) is 1.34. The van der Waals surface area contributed by atoms with Crippen molar-refractivity contribution in [1.29, 1.82) is 0 Å². The Morgan fingerprint density at radius 3 is 2.50 bits per heavy atom. The predicted molar refractivity (Wildman–Crippen MR) is 96.7 cm³/mol. The Morgan fingerprint density at radius 2 is 1.79 bits per heavy atom. The van der Waals surface area contributed by atoms with Gasteiger partial charge in [0.15, 0.2) is 0 Å². The van der Waals surface area contributed by atoms with Gasteiger partial charge < -0.3 is 5.32 Å². The molecule has 2 N–H and O–H groups in total. The summed E-state index contributed by atoms with van der Waals surface area (Å²) in [6.45, 7) is 3.74. The van der Waals surface area contributed by atoms with E-state index in [1.54, 1.807) is 24.3 Å². The number of hydrogen-bond donors (Lipinski definition) is 2. The molecule has 0 saturated heterocycles. The van der Waals surface area contributed by atoms with Crippen molar-refractivity contribution in [2.75, 3.05) is 5.32 Å². The van der Waals surface area contributed by atoms with Crippen LogP contribution in [0, 0.1) is 13.8 Å². The molecule has 2 aromatic rings. The number of carbonyl (C=O) groups excluding carboxylic acids is 2. The van der Waals surface area contributed by atoms with E-state index in [4.69, 9.17) is 23.2 Å². The number of anilines is 1. The van der Waals surface area contributed by atoms with Crippen LogP contribution in [0.15, 0.2) is 41.5 Å². The van der Waals surface area contributed by atoms with Crippen LogP contribution in [0.5, 0.6) is 0 Å². The van der Waals surface area contributed by atoms with Crippen molar-refractivity contribution in [2.45, 2.75) is 13.8 Å². The molecule has 24 heavy (non-hydrogen) atoms. The van der Waals surface area contributed by atoms with E-state index >= 15 is 0 Å². The monoisotopic (exact) mass is 363 g/mol. The molecule has 0 radical (unpaired) electrons. The SMILES string of the molecule is Cc1ccc(C)c(NC(=O)C(=O)N/N=C\c2ccc(Cl)cc2Cl)c1. The fourth-order valence-electron chi connectivity index (χ4n) is 1.87. The highest BCUT2D eigenvalue weighted by molar-refractivity contribution is 6.39. The van der Waals surface area contributed by atoms with Crippen LogP contribution >= 0.6 is 23.2 Å². The first-order chi connectivity index (χ1) is 11.4. The van der Waals surface area contributed by atoms with Gasteiger partial charge in [0.2, 0.25) is 0 Å². The normalized spacial score (nSPS) is 10.7. The lowest BCUT2D eigenvalue weighted by Crippen LogP contribution is -2.32. The molecule has 124 valence electrons. The van der Waals surface area contributed by atoms with Crippen LogP contribution in [0.1, 0.15) is 16.7 Å². The Labute approximate surface area is 149 Å².